The minimum Gasteiger partial charge on any atom is -0.330 e. The fraction of sp³-hybridized carbons (Fsp3) is 0.320. The molecule has 0 saturated carbocycles. The van der Waals surface area contributed by atoms with E-state index in [0.29, 0.717) is 24.9 Å². The molecule has 1 heterocycles. The molecule has 1 atom stereocenters. The molecule has 0 aliphatic rings. The Hall–Kier alpha value is -2.75. The molecule has 0 spiro atoms. The first-order valence-corrected chi connectivity index (χ1v) is 12.4. The van der Waals surface area contributed by atoms with Crippen molar-refractivity contribution in [2.24, 2.45) is 5.73 Å². The smallest absolute Gasteiger partial charge is 0.330 e. The lowest BCUT2D eigenvalue weighted by Gasteiger charge is -2.30. The Kier molecular flexibility index (Phi) is 8.12. The number of sulfonamides is 1. The van der Waals surface area contributed by atoms with Gasteiger partial charge >= 0.3 is 6.18 Å². The van der Waals surface area contributed by atoms with E-state index in [9.17, 15) is 21.6 Å². The molecule has 34 heavy (non-hydrogen) atoms. The van der Waals surface area contributed by atoms with Crippen molar-refractivity contribution in [3.8, 4) is 11.1 Å². The quantitative estimate of drug-likeness (QED) is 0.397. The number of unbranched alkanes of at least 4 members (excludes halogenated alkanes) is 1. The molecule has 182 valence electrons. The van der Waals surface area contributed by atoms with Crippen LogP contribution in [0.3, 0.4) is 0 Å². The highest BCUT2D eigenvalue weighted by atomic mass is 32.2. The summed E-state index contributed by atoms with van der Waals surface area (Å²) in [5, 5.41) is 0. The number of nitrogens with two attached hydrogens (primary N) is 1. The lowest BCUT2D eigenvalue weighted by molar-refractivity contribution is -0.139. The van der Waals surface area contributed by atoms with Crippen LogP contribution >= 0.6 is 0 Å². The summed E-state index contributed by atoms with van der Waals surface area (Å²) in [6, 6.07) is 12.8. The minimum absolute atomic E-state index is 0.0470. The van der Waals surface area contributed by atoms with Crippen LogP contribution in [0.1, 0.15) is 42.5 Å². The molecule has 0 radical (unpaired) electrons. The first-order chi connectivity index (χ1) is 16.1. The second-order valence-corrected chi connectivity index (χ2v) is 9.96. The van der Waals surface area contributed by atoms with Gasteiger partial charge in [-0.1, -0.05) is 30.3 Å². The molecular weight excluding hydrogens is 463 g/mol. The maximum absolute atomic E-state index is 13.6. The van der Waals surface area contributed by atoms with E-state index in [0.717, 1.165) is 33.1 Å². The Morgan fingerprint density at radius 1 is 1.06 bits per heavy atom. The molecule has 0 amide bonds. The number of alkyl halides is 3. The topological polar surface area (TPSA) is 76.3 Å². The standard InChI is InChI=1S/C25H28F3N3O2S/c1-18-17-30-14-12-22(18)21-9-7-8-20(16-21)19(2)31(15-6-5-13-29)34(32,33)24-11-4-3-10-23(24)25(26,27)28/h3-4,7-12,14,16-17,19H,5-6,13,15,29H2,1-2H3/t19-/m0/s1. The van der Waals surface area contributed by atoms with E-state index in [1.807, 2.05) is 31.2 Å². The number of hydrogen-bond acceptors (Lipinski definition) is 4. The third-order valence-corrected chi connectivity index (χ3v) is 7.77. The average molecular weight is 492 g/mol. The highest BCUT2D eigenvalue weighted by Crippen LogP contribution is 2.37. The number of aromatic nitrogens is 1. The SMILES string of the molecule is Cc1cnccc1-c1cccc([C@H](C)N(CCCCN)S(=O)(=O)c2ccccc2C(F)(F)F)c1. The second-order valence-electron chi connectivity index (χ2n) is 8.10. The predicted molar refractivity (Wildman–Crippen MR) is 126 cm³/mol. The first kappa shape index (κ1) is 25.9. The van der Waals surface area contributed by atoms with Crippen LogP contribution in [0, 0.1) is 6.92 Å². The summed E-state index contributed by atoms with van der Waals surface area (Å²) in [6.07, 6.45) is -0.402. The van der Waals surface area contributed by atoms with Crippen molar-refractivity contribution in [3.05, 3.63) is 83.7 Å². The highest BCUT2D eigenvalue weighted by Gasteiger charge is 2.40. The Morgan fingerprint density at radius 3 is 2.47 bits per heavy atom. The molecule has 2 aromatic carbocycles. The molecule has 3 aromatic rings. The van der Waals surface area contributed by atoms with Crippen molar-refractivity contribution < 1.29 is 21.6 Å². The van der Waals surface area contributed by atoms with Gasteiger partial charge in [-0.05, 0) is 79.8 Å². The van der Waals surface area contributed by atoms with Crippen molar-refractivity contribution in [1.29, 1.82) is 0 Å². The van der Waals surface area contributed by atoms with E-state index in [-0.39, 0.29) is 6.54 Å². The Morgan fingerprint density at radius 2 is 1.79 bits per heavy atom. The maximum atomic E-state index is 13.6. The molecule has 0 bridgehead atoms. The summed E-state index contributed by atoms with van der Waals surface area (Å²) in [5.41, 5.74) is 7.86. The molecule has 0 saturated heterocycles. The van der Waals surface area contributed by atoms with Gasteiger partial charge in [0.15, 0.2) is 0 Å². The van der Waals surface area contributed by atoms with Crippen LogP contribution in [0.5, 0.6) is 0 Å². The normalized spacial score (nSPS) is 13.3. The third kappa shape index (κ3) is 5.65. The third-order valence-electron chi connectivity index (χ3n) is 5.74. The fourth-order valence-electron chi connectivity index (χ4n) is 3.92. The van der Waals surface area contributed by atoms with Gasteiger partial charge < -0.3 is 5.73 Å². The summed E-state index contributed by atoms with van der Waals surface area (Å²) in [6.45, 7) is 4.02. The predicted octanol–water partition coefficient (Wildman–Crippen LogP) is 5.57. The van der Waals surface area contributed by atoms with E-state index in [1.54, 1.807) is 25.4 Å². The van der Waals surface area contributed by atoms with Gasteiger partial charge in [-0.3, -0.25) is 4.98 Å². The van der Waals surface area contributed by atoms with Gasteiger partial charge in [-0.15, -0.1) is 0 Å². The van der Waals surface area contributed by atoms with E-state index < -0.39 is 32.7 Å². The van der Waals surface area contributed by atoms with E-state index in [4.69, 9.17) is 5.73 Å². The minimum atomic E-state index is -4.80. The van der Waals surface area contributed by atoms with Gasteiger partial charge in [-0.2, -0.15) is 17.5 Å². The molecular formula is C25H28F3N3O2S. The fourth-order valence-corrected chi connectivity index (χ4v) is 5.79. The van der Waals surface area contributed by atoms with Crippen molar-refractivity contribution in [2.75, 3.05) is 13.1 Å². The van der Waals surface area contributed by atoms with Gasteiger partial charge in [0.2, 0.25) is 10.0 Å². The number of hydrogen-bond donors (Lipinski definition) is 1. The zero-order valence-electron chi connectivity index (χ0n) is 19.1. The van der Waals surface area contributed by atoms with Crippen molar-refractivity contribution in [3.63, 3.8) is 0 Å². The van der Waals surface area contributed by atoms with Gasteiger partial charge in [0.1, 0.15) is 0 Å². The number of pyridine rings is 1. The number of aryl methyl sites for hydroxylation is 1. The van der Waals surface area contributed by atoms with E-state index >= 15 is 0 Å². The monoisotopic (exact) mass is 491 g/mol. The van der Waals surface area contributed by atoms with Crippen molar-refractivity contribution in [2.45, 2.75) is 43.8 Å². The molecule has 1 aromatic heterocycles. The zero-order chi connectivity index (χ0) is 24.9. The van der Waals surface area contributed by atoms with Gasteiger partial charge in [0, 0.05) is 25.0 Å². The Balaban J connectivity index is 2.07. The lowest BCUT2D eigenvalue weighted by atomic mass is 9.98. The van der Waals surface area contributed by atoms with Gasteiger partial charge in [0.25, 0.3) is 0 Å². The summed E-state index contributed by atoms with van der Waals surface area (Å²) < 4.78 is 69.3. The molecule has 2 N–H and O–H groups in total. The molecule has 0 aliphatic heterocycles. The van der Waals surface area contributed by atoms with Crippen LogP contribution in [0.2, 0.25) is 0 Å². The summed E-state index contributed by atoms with van der Waals surface area (Å²) in [5.74, 6) is 0. The summed E-state index contributed by atoms with van der Waals surface area (Å²) in [7, 11) is -4.47. The molecule has 0 aliphatic carbocycles. The molecule has 0 fully saturated rings. The summed E-state index contributed by atoms with van der Waals surface area (Å²) in [4.78, 5) is 3.36. The van der Waals surface area contributed by atoms with Crippen LogP contribution in [0.25, 0.3) is 11.1 Å². The van der Waals surface area contributed by atoms with Crippen LogP contribution in [0.15, 0.2) is 71.9 Å². The van der Waals surface area contributed by atoms with Crippen LogP contribution in [-0.2, 0) is 16.2 Å². The molecule has 9 heteroatoms. The molecule has 0 unspecified atom stereocenters. The largest absolute Gasteiger partial charge is 0.417 e. The lowest BCUT2D eigenvalue weighted by Crippen LogP contribution is -2.36. The maximum Gasteiger partial charge on any atom is 0.417 e. The number of rotatable bonds is 9. The van der Waals surface area contributed by atoms with Crippen molar-refractivity contribution >= 4 is 10.0 Å². The second kappa shape index (κ2) is 10.7. The average Bonchev–Trinajstić information content (AvgIpc) is 2.81. The zero-order valence-corrected chi connectivity index (χ0v) is 19.9. The number of benzene rings is 2. The summed E-state index contributed by atoms with van der Waals surface area (Å²) >= 11 is 0. The number of halogens is 3. The van der Waals surface area contributed by atoms with Crippen LogP contribution in [-0.4, -0.2) is 30.8 Å². The van der Waals surface area contributed by atoms with E-state index in [2.05, 4.69) is 4.98 Å². The van der Waals surface area contributed by atoms with Crippen molar-refractivity contribution in [1.82, 2.24) is 9.29 Å². The van der Waals surface area contributed by atoms with Crippen LogP contribution in [0.4, 0.5) is 13.2 Å². The van der Waals surface area contributed by atoms with Gasteiger partial charge in [-0.25, -0.2) is 8.42 Å². The van der Waals surface area contributed by atoms with Crippen LogP contribution < -0.4 is 5.73 Å². The highest BCUT2D eigenvalue weighted by molar-refractivity contribution is 7.89. The van der Waals surface area contributed by atoms with E-state index in [1.165, 1.54) is 12.1 Å². The molecule has 5 nitrogen and oxygen atoms in total. The molecule has 3 rings (SSSR count). The Bertz CT molecular complexity index is 1230. The van der Waals surface area contributed by atoms with Gasteiger partial charge in [0.05, 0.1) is 10.5 Å². The Labute approximate surface area is 198 Å². The first-order valence-electron chi connectivity index (χ1n) is 11.0. The number of nitrogens with zero attached hydrogens (tertiary/aromatic N) is 2.